The van der Waals surface area contributed by atoms with Gasteiger partial charge in [0.1, 0.15) is 17.2 Å². The molecule has 0 fully saturated rings. The molecule has 0 saturated heterocycles. The van der Waals surface area contributed by atoms with E-state index in [1.807, 2.05) is 27.7 Å². The molecule has 0 aliphatic carbocycles. The van der Waals surface area contributed by atoms with Gasteiger partial charge >= 0.3 is 5.97 Å². The number of carbonyl (C=O) groups excluding carboxylic acids is 1. The normalized spacial score (nSPS) is 9.90. The van der Waals surface area contributed by atoms with Gasteiger partial charge < -0.3 is 18.9 Å². The number of hydrogen-bond acceptors (Lipinski definition) is 7. The van der Waals surface area contributed by atoms with Crippen molar-refractivity contribution in [1.29, 1.82) is 0 Å². The van der Waals surface area contributed by atoms with Crippen LogP contribution in [-0.4, -0.2) is 41.7 Å². The molecule has 2 aromatic carbocycles. The van der Waals surface area contributed by atoms with Crippen molar-refractivity contribution in [2.24, 2.45) is 0 Å². The van der Waals surface area contributed by atoms with E-state index in [1.54, 1.807) is 6.07 Å². The van der Waals surface area contributed by atoms with Crippen molar-refractivity contribution in [2.45, 2.75) is 32.6 Å². The van der Waals surface area contributed by atoms with E-state index in [1.165, 1.54) is 50.6 Å². The largest absolute Gasteiger partial charge is 0.467 e. The lowest BCUT2D eigenvalue weighted by Crippen LogP contribution is -2.04. The Morgan fingerprint density at radius 3 is 1.90 bits per heavy atom. The van der Waals surface area contributed by atoms with Crippen LogP contribution >= 0.6 is 0 Å². The first-order valence-corrected chi connectivity index (χ1v) is 11.1. The number of rotatable bonds is 7. The van der Waals surface area contributed by atoms with Crippen LogP contribution in [0.25, 0.3) is 0 Å². The highest BCUT2D eigenvalue weighted by Crippen LogP contribution is 2.28. The molecular weight excluding hydrogens is 396 g/mol. The maximum Gasteiger partial charge on any atom is 0.338 e. The second-order valence-electron chi connectivity index (χ2n) is 5.08. The van der Waals surface area contributed by atoms with Crippen LogP contribution < -0.4 is 9.47 Å². The first-order valence-electron chi connectivity index (χ1n) is 9.16. The second-order valence-corrected chi connectivity index (χ2v) is 7.10. The van der Waals surface area contributed by atoms with Gasteiger partial charge in [0, 0.05) is 19.4 Å². The summed E-state index contributed by atoms with van der Waals surface area (Å²) in [5, 5.41) is 0. The van der Waals surface area contributed by atoms with E-state index in [2.05, 4.69) is 0 Å². The maximum atomic E-state index is 11.8. The van der Waals surface area contributed by atoms with Gasteiger partial charge in [-0.25, -0.2) is 13.2 Å². The van der Waals surface area contributed by atoms with E-state index in [4.69, 9.17) is 18.9 Å². The molecule has 0 amide bonds. The summed E-state index contributed by atoms with van der Waals surface area (Å²) in [6.07, 6.45) is 1.13. The lowest BCUT2D eigenvalue weighted by Gasteiger charge is -2.11. The fourth-order valence-corrected chi connectivity index (χ4v) is 2.60. The first kappa shape index (κ1) is 26.4. The van der Waals surface area contributed by atoms with Crippen molar-refractivity contribution in [3.63, 3.8) is 0 Å². The molecule has 0 radical (unpaired) electrons. The molecule has 8 heteroatoms. The van der Waals surface area contributed by atoms with Crippen LogP contribution in [-0.2, 0) is 19.3 Å². The summed E-state index contributed by atoms with van der Waals surface area (Å²) in [4.78, 5) is 12.0. The molecule has 0 spiro atoms. The Balaban J connectivity index is 0.00000184. The van der Waals surface area contributed by atoms with Crippen LogP contribution in [0.4, 0.5) is 0 Å². The summed E-state index contributed by atoms with van der Waals surface area (Å²) in [6, 6.07) is 10.5. The van der Waals surface area contributed by atoms with Gasteiger partial charge in [-0.2, -0.15) is 0 Å². The molecule has 7 nitrogen and oxygen atoms in total. The predicted octanol–water partition coefficient (Wildman–Crippen LogP) is 4.70. The Kier molecular flexibility index (Phi) is 12.4. The molecular formula is C21H30O7S. The Morgan fingerprint density at radius 1 is 0.862 bits per heavy atom. The molecule has 2 rings (SSSR count). The Labute approximate surface area is 173 Å². The SMILES string of the molecule is CC.CC.COCOc1cc(Oc2ccc(S(C)(=O)=O)cc2)cc(C(=O)OC)c1. The zero-order valence-corrected chi connectivity index (χ0v) is 18.8. The average molecular weight is 427 g/mol. The first-order chi connectivity index (χ1) is 13.8. The smallest absolute Gasteiger partial charge is 0.338 e. The molecule has 29 heavy (non-hydrogen) atoms. The third-order valence-corrected chi connectivity index (χ3v) is 4.26. The summed E-state index contributed by atoms with van der Waals surface area (Å²) in [6.45, 7) is 8.01. The number of esters is 1. The molecule has 2 aromatic rings. The average Bonchev–Trinajstić information content (AvgIpc) is 2.74. The highest BCUT2D eigenvalue weighted by Gasteiger charge is 2.12. The number of methoxy groups -OCH3 is 2. The third-order valence-electron chi connectivity index (χ3n) is 3.13. The van der Waals surface area contributed by atoms with Gasteiger partial charge in [-0.3, -0.25) is 0 Å². The fourth-order valence-electron chi connectivity index (χ4n) is 1.97. The van der Waals surface area contributed by atoms with Crippen LogP contribution in [0.3, 0.4) is 0 Å². The van der Waals surface area contributed by atoms with Gasteiger partial charge in [0.25, 0.3) is 0 Å². The number of ether oxygens (including phenoxy) is 4. The molecule has 0 aliphatic heterocycles. The van der Waals surface area contributed by atoms with Crippen molar-refractivity contribution in [2.75, 3.05) is 27.3 Å². The zero-order chi connectivity index (χ0) is 22.4. The molecule has 0 heterocycles. The highest BCUT2D eigenvalue weighted by atomic mass is 32.2. The van der Waals surface area contributed by atoms with E-state index in [0.29, 0.717) is 17.2 Å². The van der Waals surface area contributed by atoms with Crippen molar-refractivity contribution >= 4 is 15.8 Å². The van der Waals surface area contributed by atoms with Gasteiger partial charge in [0.2, 0.25) is 0 Å². The van der Waals surface area contributed by atoms with Crippen molar-refractivity contribution in [3.8, 4) is 17.2 Å². The molecule has 0 saturated carbocycles. The van der Waals surface area contributed by atoms with Crippen LogP contribution in [0.1, 0.15) is 38.1 Å². The number of benzene rings is 2. The Hall–Kier alpha value is -2.58. The quantitative estimate of drug-likeness (QED) is 0.468. The Morgan fingerprint density at radius 2 is 1.41 bits per heavy atom. The topological polar surface area (TPSA) is 88.1 Å². The van der Waals surface area contributed by atoms with Crippen LogP contribution in [0.2, 0.25) is 0 Å². The standard InChI is InChI=1S/C17H18O7S.2C2H6/c1-21-11-23-14-8-12(17(18)22-2)9-15(10-14)24-13-4-6-16(7-5-13)25(3,19)20;2*1-2/h4-10H,11H2,1-3H3;2*1-2H3. The highest BCUT2D eigenvalue weighted by molar-refractivity contribution is 7.90. The molecule has 0 N–H and O–H groups in total. The van der Waals surface area contributed by atoms with Gasteiger partial charge in [-0.15, -0.1) is 0 Å². The summed E-state index contributed by atoms with van der Waals surface area (Å²) in [7, 11) is -0.531. The van der Waals surface area contributed by atoms with E-state index < -0.39 is 15.8 Å². The second kappa shape index (κ2) is 13.6. The molecule has 0 bridgehead atoms. The van der Waals surface area contributed by atoms with Crippen LogP contribution in [0, 0.1) is 0 Å². The third kappa shape index (κ3) is 8.97. The van der Waals surface area contributed by atoms with Gasteiger partial charge in [-0.1, -0.05) is 27.7 Å². The summed E-state index contributed by atoms with van der Waals surface area (Å²) in [5.41, 5.74) is 0.249. The number of hydrogen-bond donors (Lipinski definition) is 0. The summed E-state index contributed by atoms with van der Waals surface area (Å²) >= 11 is 0. The zero-order valence-electron chi connectivity index (χ0n) is 18.0. The number of carbonyl (C=O) groups is 1. The van der Waals surface area contributed by atoms with Crippen LogP contribution in [0.15, 0.2) is 47.4 Å². The molecule has 0 aromatic heterocycles. The summed E-state index contributed by atoms with van der Waals surface area (Å²) < 4.78 is 43.5. The van der Waals surface area contributed by atoms with Crippen molar-refractivity contribution in [1.82, 2.24) is 0 Å². The predicted molar refractivity (Wildman–Crippen MR) is 113 cm³/mol. The van der Waals surface area contributed by atoms with E-state index in [9.17, 15) is 13.2 Å². The lowest BCUT2D eigenvalue weighted by atomic mass is 10.2. The van der Waals surface area contributed by atoms with E-state index >= 15 is 0 Å². The van der Waals surface area contributed by atoms with Crippen molar-refractivity contribution in [3.05, 3.63) is 48.0 Å². The minimum atomic E-state index is -3.28. The number of sulfone groups is 1. The lowest BCUT2D eigenvalue weighted by molar-refractivity contribution is 0.0502. The van der Waals surface area contributed by atoms with E-state index in [0.717, 1.165) is 6.26 Å². The molecule has 0 atom stereocenters. The molecule has 0 unspecified atom stereocenters. The fraction of sp³-hybridized carbons (Fsp3) is 0.381. The minimum absolute atomic E-state index is 0.00707. The monoisotopic (exact) mass is 426 g/mol. The maximum absolute atomic E-state index is 11.8. The Bertz CT molecular complexity index is 844. The van der Waals surface area contributed by atoms with Gasteiger partial charge in [-0.05, 0) is 36.4 Å². The van der Waals surface area contributed by atoms with Gasteiger partial charge in [0.05, 0.1) is 17.6 Å². The molecule has 0 aliphatic rings. The van der Waals surface area contributed by atoms with Crippen molar-refractivity contribution < 1.29 is 32.2 Å². The summed E-state index contributed by atoms with van der Waals surface area (Å²) in [5.74, 6) is 0.570. The van der Waals surface area contributed by atoms with Crippen LogP contribution in [0.5, 0.6) is 17.2 Å². The minimum Gasteiger partial charge on any atom is -0.467 e. The van der Waals surface area contributed by atoms with E-state index in [-0.39, 0.29) is 17.3 Å². The molecule has 162 valence electrons. The van der Waals surface area contributed by atoms with Gasteiger partial charge in [0.15, 0.2) is 16.6 Å².